The molecule has 10 heteroatoms. The summed E-state index contributed by atoms with van der Waals surface area (Å²) in [5, 5.41) is 3.07. The number of benzene rings is 2. The van der Waals surface area contributed by atoms with E-state index < -0.39 is 11.8 Å². The highest BCUT2D eigenvalue weighted by atomic mass is 35.5. The summed E-state index contributed by atoms with van der Waals surface area (Å²) in [7, 11) is 0. The highest BCUT2D eigenvalue weighted by Gasteiger charge is 2.24. The molecule has 0 bridgehead atoms. The van der Waals surface area contributed by atoms with Crippen LogP contribution >= 0.6 is 11.6 Å². The Morgan fingerprint density at radius 2 is 2.06 bits per heavy atom. The van der Waals surface area contributed by atoms with Crippen LogP contribution in [0.3, 0.4) is 0 Å². The maximum atomic E-state index is 13.0. The van der Waals surface area contributed by atoms with Gasteiger partial charge in [0, 0.05) is 25.7 Å². The van der Waals surface area contributed by atoms with Crippen LogP contribution in [0.4, 0.5) is 10.1 Å². The highest BCUT2D eigenvalue weighted by Crippen LogP contribution is 2.29. The second kappa shape index (κ2) is 11.1. The number of halogens is 2. The van der Waals surface area contributed by atoms with E-state index in [1.807, 2.05) is 4.90 Å². The summed E-state index contributed by atoms with van der Waals surface area (Å²) in [4.78, 5) is 26.7. The lowest BCUT2D eigenvalue weighted by Gasteiger charge is -2.32. The fraction of sp³-hybridized carbons (Fsp3) is 0.364. The van der Waals surface area contributed by atoms with Crippen molar-refractivity contribution in [3.8, 4) is 11.5 Å². The van der Waals surface area contributed by atoms with Crippen LogP contribution in [0, 0.1) is 5.82 Å². The molecule has 3 rings (SSSR count). The van der Waals surface area contributed by atoms with Gasteiger partial charge in [-0.1, -0.05) is 11.6 Å². The molecule has 1 heterocycles. The Kier molecular flexibility index (Phi) is 8.26. The van der Waals surface area contributed by atoms with Crippen molar-refractivity contribution in [2.24, 2.45) is 0 Å². The van der Waals surface area contributed by atoms with E-state index in [0.29, 0.717) is 37.7 Å². The number of rotatable bonds is 8. The number of hydrogen-bond acceptors (Lipinski definition) is 7. The summed E-state index contributed by atoms with van der Waals surface area (Å²) in [6.45, 7) is 3.84. The zero-order chi connectivity index (χ0) is 23.1. The number of nitrogens with one attached hydrogen (secondary N) is 1. The van der Waals surface area contributed by atoms with Gasteiger partial charge in [-0.3, -0.25) is 14.5 Å². The van der Waals surface area contributed by atoms with Crippen molar-refractivity contribution in [2.45, 2.75) is 13.0 Å². The maximum Gasteiger partial charge on any atom is 0.325 e. The van der Waals surface area contributed by atoms with Gasteiger partial charge in [0.05, 0.1) is 42.1 Å². The lowest BCUT2D eigenvalue weighted by Crippen LogP contribution is -2.49. The van der Waals surface area contributed by atoms with Gasteiger partial charge in [-0.25, -0.2) is 4.39 Å². The molecule has 1 fully saturated rings. The van der Waals surface area contributed by atoms with Gasteiger partial charge in [-0.15, -0.1) is 0 Å². The topological polar surface area (TPSA) is 103 Å². The molecular formula is C22H25ClFN3O5. The Bertz CT molecular complexity index is 957. The number of carbonyl (C=O) groups excluding carboxylic acids is 2. The summed E-state index contributed by atoms with van der Waals surface area (Å²) < 4.78 is 29.4. The predicted molar refractivity (Wildman–Crippen MR) is 118 cm³/mol. The fourth-order valence-corrected chi connectivity index (χ4v) is 3.38. The molecule has 2 aromatic carbocycles. The third-order valence-electron chi connectivity index (χ3n) is 4.75. The molecule has 8 nitrogen and oxygen atoms in total. The number of esters is 1. The first kappa shape index (κ1) is 23.8. The largest absolute Gasteiger partial charge is 0.493 e. The number of anilines is 1. The Balaban J connectivity index is 1.51. The standard InChI is InChI=1S/C22H25ClFN3O5/c1-2-30-20-10-19(25)18(23)9-17(20)22(29)26-11-16-12-27(7-8-31-16)13-21(28)32-15-5-3-14(24)4-6-15/h3-6,9-10,16H,2,7-8,11-13,25H2,1H3,(H,26,29). The van der Waals surface area contributed by atoms with Crippen LogP contribution in [-0.4, -0.2) is 62.3 Å². The van der Waals surface area contributed by atoms with Gasteiger partial charge in [0.2, 0.25) is 0 Å². The first-order valence-corrected chi connectivity index (χ1v) is 10.5. The second-order valence-electron chi connectivity index (χ2n) is 7.17. The van der Waals surface area contributed by atoms with Gasteiger partial charge >= 0.3 is 5.97 Å². The van der Waals surface area contributed by atoms with Gasteiger partial charge in [0.25, 0.3) is 5.91 Å². The van der Waals surface area contributed by atoms with Gasteiger partial charge in [0.15, 0.2) is 0 Å². The lowest BCUT2D eigenvalue weighted by molar-refractivity contribution is -0.137. The number of amides is 1. The predicted octanol–water partition coefficient (Wildman–Crippen LogP) is 2.50. The van der Waals surface area contributed by atoms with E-state index in [0.717, 1.165) is 0 Å². The molecule has 1 amide bonds. The van der Waals surface area contributed by atoms with Crippen molar-refractivity contribution in [2.75, 3.05) is 45.1 Å². The molecule has 1 aliphatic rings. The minimum Gasteiger partial charge on any atom is -0.493 e. The third-order valence-corrected chi connectivity index (χ3v) is 5.08. The van der Waals surface area contributed by atoms with Crippen LogP contribution < -0.4 is 20.5 Å². The summed E-state index contributed by atoms with van der Waals surface area (Å²) in [5.74, 6) is -0.606. The highest BCUT2D eigenvalue weighted by molar-refractivity contribution is 6.33. The van der Waals surface area contributed by atoms with Crippen molar-refractivity contribution in [3.05, 3.63) is 52.8 Å². The van der Waals surface area contributed by atoms with Crippen LogP contribution in [0.5, 0.6) is 11.5 Å². The Labute approximate surface area is 190 Å². The number of nitrogens with zero attached hydrogens (tertiary/aromatic N) is 1. The van der Waals surface area contributed by atoms with E-state index in [2.05, 4.69) is 5.32 Å². The molecule has 32 heavy (non-hydrogen) atoms. The fourth-order valence-electron chi connectivity index (χ4n) is 3.22. The van der Waals surface area contributed by atoms with E-state index in [-0.39, 0.29) is 41.4 Å². The van der Waals surface area contributed by atoms with E-state index >= 15 is 0 Å². The van der Waals surface area contributed by atoms with Crippen molar-refractivity contribution < 1.29 is 28.2 Å². The van der Waals surface area contributed by atoms with Crippen molar-refractivity contribution in [3.63, 3.8) is 0 Å². The van der Waals surface area contributed by atoms with Crippen molar-refractivity contribution in [1.82, 2.24) is 10.2 Å². The Morgan fingerprint density at radius 3 is 2.78 bits per heavy atom. The van der Waals surface area contributed by atoms with Crippen LogP contribution in [0.15, 0.2) is 36.4 Å². The molecule has 0 spiro atoms. The Hall–Kier alpha value is -2.88. The molecule has 0 aromatic heterocycles. The van der Waals surface area contributed by atoms with Gasteiger partial charge < -0.3 is 25.3 Å². The maximum absolute atomic E-state index is 13.0. The second-order valence-corrected chi connectivity index (χ2v) is 7.58. The Morgan fingerprint density at radius 1 is 1.31 bits per heavy atom. The minimum atomic E-state index is -0.459. The third kappa shape index (κ3) is 6.56. The number of nitrogen functional groups attached to an aromatic ring is 1. The van der Waals surface area contributed by atoms with Crippen molar-refractivity contribution >= 4 is 29.2 Å². The molecule has 3 N–H and O–H groups in total. The number of ether oxygens (including phenoxy) is 3. The van der Waals surface area contributed by atoms with E-state index in [9.17, 15) is 14.0 Å². The molecule has 1 saturated heterocycles. The number of carbonyl (C=O) groups is 2. The summed E-state index contributed by atoms with van der Waals surface area (Å²) in [6, 6.07) is 8.22. The first-order valence-electron chi connectivity index (χ1n) is 10.2. The molecule has 0 radical (unpaired) electrons. The summed E-state index contributed by atoms with van der Waals surface area (Å²) in [6.07, 6.45) is -0.314. The van der Waals surface area contributed by atoms with E-state index in [1.165, 1.54) is 36.4 Å². The minimum absolute atomic E-state index is 0.0489. The smallest absolute Gasteiger partial charge is 0.325 e. The van der Waals surface area contributed by atoms with Crippen LogP contribution in [-0.2, 0) is 9.53 Å². The SMILES string of the molecule is CCOc1cc(N)c(Cl)cc1C(=O)NCC1CN(CC(=O)Oc2ccc(F)cc2)CCO1. The molecule has 1 unspecified atom stereocenters. The zero-order valence-electron chi connectivity index (χ0n) is 17.6. The average molecular weight is 466 g/mol. The molecular weight excluding hydrogens is 441 g/mol. The van der Waals surface area contributed by atoms with Crippen molar-refractivity contribution in [1.29, 1.82) is 0 Å². The van der Waals surface area contributed by atoms with Gasteiger partial charge in [-0.05, 0) is 37.3 Å². The molecule has 1 aliphatic heterocycles. The number of nitrogens with two attached hydrogens (primary N) is 1. The number of hydrogen-bond donors (Lipinski definition) is 2. The van der Waals surface area contributed by atoms with Crippen LogP contribution in [0.25, 0.3) is 0 Å². The van der Waals surface area contributed by atoms with E-state index in [4.69, 9.17) is 31.5 Å². The molecule has 1 atom stereocenters. The summed E-state index contributed by atoms with van der Waals surface area (Å²) in [5.41, 5.74) is 6.40. The molecule has 0 aliphatic carbocycles. The van der Waals surface area contributed by atoms with Gasteiger partial charge in [0.1, 0.15) is 17.3 Å². The molecule has 2 aromatic rings. The molecule has 0 saturated carbocycles. The quantitative estimate of drug-likeness (QED) is 0.350. The molecule has 172 valence electrons. The summed E-state index contributed by atoms with van der Waals surface area (Å²) >= 11 is 6.06. The van der Waals surface area contributed by atoms with Crippen LogP contribution in [0.1, 0.15) is 17.3 Å². The normalized spacial score (nSPS) is 16.4. The van der Waals surface area contributed by atoms with Crippen LogP contribution in [0.2, 0.25) is 5.02 Å². The first-order chi connectivity index (χ1) is 15.4. The number of morpholine rings is 1. The average Bonchev–Trinajstić information content (AvgIpc) is 2.76. The zero-order valence-corrected chi connectivity index (χ0v) is 18.4. The van der Waals surface area contributed by atoms with E-state index in [1.54, 1.807) is 6.92 Å². The monoisotopic (exact) mass is 465 g/mol. The lowest BCUT2D eigenvalue weighted by atomic mass is 10.1. The van der Waals surface area contributed by atoms with Gasteiger partial charge in [-0.2, -0.15) is 0 Å².